The van der Waals surface area contributed by atoms with Crippen LogP contribution in [0.25, 0.3) is 0 Å². The van der Waals surface area contributed by atoms with Gasteiger partial charge in [-0.25, -0.2) is 0 Å². The monoisotopic (exact) mass is 292 g/mol. The highest BCUT2D eigenvalue weighted by molar-refractivity contribution is 7.10. The molecule has 0 bridgehead atoms. The first-order valence-corrected chi connectivity index (χ1v) is 8.64. The van der Waals surface area contributed by atoms with Crippen molar-refractivity contribution in [2.75, 3.05) is 19.6 Å². The van der Waals surface area contributed by atoms with E-state index in [1.807, 2.05) is 11.3 Å². The van der Waals surface area contributed by atoms with Crippen LogP contribution < -0.4 is 5.32 Å². The van der Waals surface area contributed by atoms with Gasteiger partial charge in [0.2, 0.25) is 5.91 Å². The largest absolute Gasteiger partial charge is 0.335 e. The van der Waals surface area contributed by atoms with Gasteiger partial charge in [0, 0.05) is 18.0 Å². The van der Waals surface area contributed by atoms with Crippen LogP contribution in [0.4, 0.5) is 0 Å². The van der Waals surface area contributed by atoms with E-state index in [4.69, 9.17) is 0 Å². The second kappa shape index (κ2) is 5.49. The third-order valence-electron chi connectivity index (χ3n) is 5.14. The molecular formula is C16H24N2OS. The fourth-order valence-electron chi connectivity index (χ4n) is 3.69. The van der Waals surface area contributed by atoms with Crippen molar-refractivity contribution < 1.29 is 4.79 Å². The standard InChI is InChI=1S/C16H24N2OS/c1-3-16(7-4-8-17-11-16)15(19)18-9-5-14-13(12(18)2)6-10-20-14/h6,10,12,17H,3-5,7-9,11H2,1-2H3. The van der Waals surface area contributed by atoms with Crippen molar-refractivity contribution in [3.63, 3.8) is 0 Å². The maximum absolute atomic E-state index is 13.1. The van der Waals surface area contributed by atoms with E-state index in [1.165, 1.54) is 10.4 Å². The molecule has 0 radical (unpaired) electrons. The second-order valence-corrected chi connectivity index (χ2v) is 7.14. The van der Waals surface area contributed by atoms with Gasteiger partial charge in [-0.1, -0.05) is 6.92 Å². The maximum Gasteiger partial charge on any atom is 0.230 e. The van der Waals surface area contributed by atoms with Gasteiger partial charge in [-0.15, -0.1) is 11.3 Å². The average molecular weight is 292 g/mol. The van der Waals surface area contributed by atoms with Crippen molar-refractivity contribution >= 4 is 17.2 Å². The molecule has 20 heavy (non-hydrogen) atoms. The lowest BCUT2D eigenvalue weighted by Crippen LogP contribution is -2.53. The lowest BCUT2D eigenvalue weighted by Gasteiger charge is -2.43. The number of nitrogens with zero attached hydrogens (tertiary/aromatic N) is 1. The molecule has 1 fully saturated rings. The number of nitrogens with one attached hydrogen (secondary N) is 1. The van der Waals surface area contributed by atoms with E-state index in [9.17, 15) is 4.79 Å². The maximum atomic E-state index is 13.1. The third kappa shape index (κ3) is 2.19. The number of thiophene rings is 1. The van der Waals surface area contributed by atoms with E-state index >= 15 is 0 Å². The average Bonchev–Trinajstić information content (AvgIpc) is 2.97. The topological polar surface area (TPSA) is 32.3 Å². The van der Waals surface area contributed by atoms with Crippen molar-refractivity contribution in [3.8, 4) is 0 Å². The molecule has 0 aromatic carbocycles. The van der Waals surface area contributed by atoms with Gasteiger partial charge in [0.25, 0.3) is 0 Å². The Morgan fingerprint density at radius 3 is 3.15 bits per heavy atom. The van der Waals surface area contributed by atoms with Crippen LogP contribution in [0.15, 0.2) is 11.4 Å². The zero-order valence-corrected chi connectivity index (χ0v) is 13.3. The first-order chi connectivity index (χ1) is 9.68. The fraction of sp³-hybridized carbons (Fsp3) is 0.688. The lowest BCUT2D eigenvalue weighted by atomic mass is 9.76. The smallest absolute Gasteiger partial charge is 0.230 e. The number of carbonyl (C=O) groups excluding carboxylic acids is 1. The quantitative estimate of drug-likeness (QED) is 0.909. The Bertz CT molecular complexity index is 490. The first kappa shape index (κ1) is 14.1. The molecule has 2 atom stereocenters. The molecule has 3 rings (SSSR count). The molecule has 1 aromatic heterocycles. The Kier molecular flexibility index (Phi) is 3.87. The van der Waals surface area contributed by atoms with Crippen molar-refractivity contribution in [2.45, 2.75) is 45.6 Å². The summed E-state index contributed by atoms with van der Waals surface area (Å²) in [5, 5.41) is 5.59. The molecule has 3 heterocycles. The zero-order valence-electron chi connectivity index (χ0n) is 12.4. The normalized spacial score (nSPS) is 30.1. The Hall–Kier alpha value is -0.870. The molecule has 3 nitrogen and oxygen atoms in total. The van der Waals surface area contributed by atoms with Gasteiger partial charge in [0.05, 0.1) is 11.5 Å². The van der Waals surface area contributed by atoms with Crippen LogP contribution in [0.1, 0.15) is 49.6 Å². The summed E-state index contributed by atoms with van der Waals surface area (Å²) in [5.41, 5.74) is 1.20. The van der Waals surface area contributed by atoms with E-state index in [-0.39, 0.29) is 11.5 Å². The number of hydrogen-bond acceptors (Lipinski definition) is 3. The van der Waals surface area contributed by atoms with Crippen LogP contribution in [-0.4, -0.2) is 30.4 Å². The number of amides is 1. The molecule has 2 unspecified atom stereocenters. The molecule has 110 valence electrons. The summed E-state index contributed by atoms with van der Waals surface area (Å²) in [7, 11) is 0. The van der Waals surface area contributed by atoms with E-state index in [0.29, 0.717) is 5.91 Å². The third-order valence-corrected chi connectivity index (χ3v) is 6.14. The van der Waals surface area contributed by atoms with Crippen molar-refractivity contribution in [1.29, 1.82) is 0 Å². The number of rotatable bonds is 2. The van der Waals surface area contributed by atoms with Gasteiger partial charge in [0.1, 0.15) is 0 Å². The van der Waals surface area contributed by atoms with Crippen LogP contribution in [0, 0.1) is 5.41 Å². The van der Waals surface area contributed by atoms with E-state index < -0.39 is 0 Å². The number of carbonyl (C=O) groups is 1. The summed E-state index contributed by atoms with van der Waals surface area (Å²) in [6, 6.07) is 2.44. The van der Waals surface area contributed by atoms with Crippen LogP contribution in [-0.2, 0) is 11.2 Å². The predicted molar refractivity (Wildman–Crippen MR) is 83.0 cm³/mol. The number of fused-ring (bicyclic) bond motifs is 1. The molecule has 2 aliphatic rings. The minimum absolute atomic E-state index is 0.167. The van der Waals surface area contributed by atoms with Crippen molar-refractivity contribution in [1.82, 2.24) is 10.2 Å². The summed E-state index contributed by atoms with van der Waals surface area (Å²) < 4.78 is 0. The van der Waals surface area contributed by atoms with Gasteiger partial charge in [-0.3, -0.25) is 4.79 Å². The lowest BCUT2D eigenvalue weighted by molar-refractivity contribution is -0.146. The Morgan fingerprint density at radius 1 is 1.60 bits per heavy atom. The molecule has 1 aromatic rings. The summed E-state index contributed by atoms with van der Waals surface area (Å²) in [5.74, 6) is 0.372. The molecule has 4 heteroatoms. The minimum atomic E-state index is -0.167. The van der Waals surface area contributed by atoms with E-state index in [0.717, 1.165) is 45.3 Å². The van der Waals surface area contributed by atoms with E-state index in [1.54, 1.807) is 0 Å². The fourth-order valence-corrected chi connectivity index (χ4v) is 4.66. The first-order valence-electron chi connectivity index (χ1n) is 7.76. The summed E-state index contributed by atoms with van der Waals surface area (Å²) >= 11 is 1.83. The molecule has 0 spiro atoms. The number of piperidine rings is 1. The predicted octanol–water partition coefficient (Wildman–Crippen LogP) is 2.97. The van der Waals surface area contributed by atoms with Crippen molar-refractivity contribution in [2.24, 2.45) is 5.41 Å². The summed E-state index contributed by atoms with van der Waals surface area (Å²) in [6.07, 6.45) is 4.12. The highest BCUT2D eigenvalue weighted by atomic mass is 32.1. The van der Waals surface area contributed by atoms with Crippen LogP contribution in [0.5, 0.6) is 0 Å². The second-order valence-electron chi connectivity index (χ2n) is 6.14. The Labute approximate surface area is 125 Å². The van der Waals surface area contributed by atoms with Crippen LogP contribution >= 0.6 is 11.3 Å². The zero-order chi connectivity index (χ0) is 14.2. The summed E-state index contributed by atoms with van der Waals surface area (Å²) in [4.78, 5) is 16.7. The van der Waals surface area contributed by atoms with Gasteiger partial charge >= 0.3 is 0 Å². The summed E-state index contributed by atoms with van der Waals surface area (Å²) in [6.45, 7) is 7.13. The Balaban J connectivity index is 1.84. The van der Waals surface area contributed by atoms with Crippen LogP contribution in [0.3, 0.4) is 0 Å². The Morgan fingerprint density at radius 2 is 2.45 bits per heavy atom. The molecule has 2 aliphatic heterocycles. The molecule has 1 amide bonds. The van der Waals surface area contributed by atoms with Crippen LogP contribution in [0.2, 0.25) is 0 Å². The molecular weight excluding hydrogens is 268 g/mol. The molecule has 1 N–H and O–H groups in total. The minimum Gasteiger partial charge on any atom is -0.335 e. The van der Waals surface area contributed by atoms with E-state index in [2.05, 4.69) is 35.5 Å². The van der Waals surface area contributed by atoms with Gasteiger partial charge in [0.15, 0.2) is 0 Å². The van der Waals surface area contributed by atoms with Gasteiger partial charge < -0.3 is 10.2 Å². The molecule has 1 saturated heterocycles. The highest BCUT2D eigenvalue weighted by Crippen LogP contribution is 2.39. The SMILES string of the molecule is CCC1(C(=O)N2CCc3sccc3C2C)CCCNC1. The number of hydrogen-bond donors (Lipinski definition) is 1. The van der Waals surface area contributed by atoms with Gasteiger partial charge in [-0.2, -0.15) is 0 Å². The molecule has 0 aliphatic carbocycles. The molecule has 0 saturated carbocycles. The van der Waals surface area contributed by atoms with Crippen molar-refractivity contribution in [3.05, 3.63) is 21.9 Å². The highest BCUT2D eigenvalue weighted by Gasteiger charge is 2.43. The van der Waals surface area contributed by atoms with Gasteiger partial charge in [-0.05, 0) is 56.2 Å².